The zero-order valence-corrected chi connectivity index (χ0v) is 14.4. The van der Waals surface area contributed by atoms with Crippen molar-refractivity contribution in [2.24, 2.45) is 7.05 Å². The van der Waals surface area contributed by atoms with Gasteiger partial charge < -0.3 is 10.6 Å². The minimum absolute atomic E-state index is 0.313. The monoisotopic (exact) mass is 349 g/mol. The first-order chi connectivity index (χ1) is 12.7. The maximum Gasteiger partial charge on any atom is 0.320 e. The van der Waals surface area contributed by atoms with Gasteiger partial charge in [-0.05, 0) is 28.8 Å². The fourth-order valence-electron chi connectivity index (χ4n) is 2.91. The lowest BCUT2D eigenvalue weighted by molar-refractivity contribution is 0.251. The Morgan fingerprint density at radius 1 is 1.19 bits per heavy atom. The molecule has 3 N–H and O–H groups in total. The fourth-order valence-corrected chi connectivity index (χ4v) is 2.91. The molecule has 1 aliphatic rings. The van der Waals surface area contributed by atoms with Gasteiger partial charge in [-0.25, -0.2) is 4.79 Å². The van der Waals surface area contributed by atoms with Crippen molar-refractivity contribution >= 4 is 11.8 Å². The molecule has 26 heavy (non-hydrogen) atoms. The number of nitrogens with zero attached hydrogens (tertiary/aromatic N) is 4. The highest BCUT2D eigenvalue weighted by Crippen LogP contribution is 2.17. The van der Waals surface area contributed by atoms with Crippen molar-refractivity contribution in [3.63, 3.8) is 0 Å². The van der Waals surface area contributed by atoms with Crippen LogP contribution >= 0.6 is 0 Å². The minimum atomic E-state index is -0.313. The molecule has 3 aromatic rings. The number of carbonyl (C=O) groups is 1. The third-order valence-electron chi connectivity index (χ3n) is 4.26. The standard InChI is InChI=1S/C18H19N7O/c1-25-11-15(10-21-25)16-4-5-17(24-23-16)22-18(26)20-7-12-2-3-13-8-19-9-14(13)6-12/h2-6,10-11,19H,7-9H2,1H3,(H2,20,22,24,26). The van der Waals surface area contributed by atoms with Crippen LogP contribution in [0.25, 0.3) is 11.3 Å². The van der Waals surface area contributed by atoms with Gasteiger partial charge in [0.25, 0.3) is 0 Å². The van der Waals surface area contributed by atoms with Crippen LogP contribution in [0.2, 0.25) is 0 Å². The average molecular weight is 349 g/mol. The minimum Gasteiger partial charge on any atom is -0.334 e. The summed E-state index contributed by atoms with van der Waals surface area (Å²) >= 11 is 0. The van der Waals surface area contributed by atoms with E-state index in [1.165, 1.54) is 11.1 Å². The van der Waals surface area contributed by atoms with Crippen LogP contribution < -0.4 is 16.0 Å². The number of carbonyl (C=O) groups excluding carboxylic acids is 1. The van der Waals surface area contributed by atoms with Gasteiger partial charge in [-0.3, -0.25) is 10.00 Å². The lowest BCUT2D eigenvalue weighted by Crippen LogP contribution is -2.28. The Kier molecular flexibility index (Phi) is 4.32. The number of benzene rings is 1. The van der Waals surface area contributed by atoms with Gasteiger partial charge in [0.2, 0.25) is 0 Å². The number of aryl methyl sites for hydroxylation is 1. The molecule has 0 fully saturated rings. The molecule has 0 unspecified atom stereocenters. The third kappa shape index (κ3) is 3.55. The number of nitrogens with one attached hydrogen (secondary N) is 3. The Balaban J connectivity index is 1.33. The van der Waals surface area contributed by atoms with E-state index in [9.17, 15) is 4.79 Å². The molecule has 8 heteroatoms. The van der Waals surface area contributed by atoms with Gasteiger partial charge in [0.15, 0.2) is 5.82 Å². The number of aromatic nitrogens is 4. The molecule has 0 saturated carbocycles. The Bertz CT molecular complexity index is 933. The lowest BCUT2D eigenvalue weighted by atomic mass is 10.1. The van der Waals surface area contributed by atoms with Crippen molar-refractivity contribution in [2.45, 2.75) is 19.6 Å². The van der Waals surface area contributed by atoms with Crippen molar-refractivity contribution in [1.29, 1.82) is 0 Å². The molecule has 132 valence electrons. The summed E-state index contributed by atoms with van der Waals surface area (Å²) in [5, 5.41) is 21.1. The van der Waals surface area contributed by atoms with Crippen LogP contribution in [-0.4, -0.2) is 26.0 Å². The summed E-state index contributed by atoms with van der Waals surface area (Å²) in [6, 6.07) is 9.47. The Morgan fingerprint density at radius 2 is 2.08 bits per heavy atom. The first kappa shape index (κ1) is 16.2. The first-order valence-corrected chi connectivity index (χ1v) is 8.36. The summed E-state index contributed by atoms with van der Waals surface area (Å²) in [6.07, 6.45) is 3.58. The molecule has 8 nitrogen and oxygen atoms in total. The van der Waals surface area contributed by atoms with Crippen molar-refractivity contribution in [3.8, 4) is 11.3 Å². The largest absolute Gasteiger partial charge is 0.334 e. The van der Waals surface area contributed by atoms with Crippen LogP contribution in [0.1, 0.15) is 16.7 Å². The molecule has 2 amide bonds. The summed E-state index contributed by atoms with van der Waals surface area (Å²) in [5.74, 6) is 0.397. The number of hydrogen-bond donors (Lipinski definition) is 3. The number of amides is 2. The predicted molar refractivity (Wildman–Crippen MR) is 97.1 cm³/mol. The molecule has 4 rings (SSSR count). The van der Waals surface area contributed by atoms with E-state index in [0.717, 1.165) is 24.2 Å². The van der Waals surface area contributed by atoms with Gasteiger partial charge in [-0.1, -0.05) is 18.2 Å². The summed E-state index contributed by atoms with van der Waals surface area (Å²) in [5.41, 5.74) is 5.27. The van der Waals surface area contributed by atoms with Crippen LogP contribution in [0, 0.1) is 0 Å². The lowest BCUT2D eigenvalue weighted by Gasteiger charge is -2.08. The van der Waals surface area contributed by atoms with Crippen LogP contribution in [0.3, 0.4) is 0 Å². The van der Waals surface area contributed by atoms with E-state index in [1.807, 2.05) is 19.3 Å². The highest BCUT2D eigenvalue weighted by molar-refractivity contribution is 5.88. The number of rotatable bonds is 4. The molecule has 3 heterocycles. The van der Waals surface area contributed by atoms with E-state index in [0.29, 0.717) is 18.1 Å². The van der Waals surface area contributed by atoms with Gasteiger partial charge in [0.05, 0.1) is 11.9 Å². The molecule has 0 atom stereocenters. The summed E-state index contributed by atoms with van der Waals surface area (Å²) in [4.78, 5) is 12.1. The Hall–Kier alpha value is -3.26. The van der Waals surface area contributed by atoms with Crippen LogP contribution in [-0.2, 0) is 26.7 Å². The van der Waals surface area contributed by atoms with Crippen molar-refractivity contribution < 1.29 is 4.79 Å². The van der Waals surface area contributed by atoms with Crippen molar-refractivity contribution in [3.05, 3.63) is 59.4 Å². The van der Waals surface area contributed by atoms with E-state index in [4.69, 9.17) is 0 Å². The molecule has 0 aliphatic carbocycles. The van der Waals surface area contributed by atoms with Crippen LogP contribution in [0.15, 0.2) is 42.7 Å². The molecular formula is C18H19N7O. The van der Waals surface area contributed by atoms with Crippen LogP contribution in [0.5, 0.6) is 0 Å². The highest BCUT2D eigenvalue weighted by Gasteiger charge is 2.11. The maximum absolute atomic E-state index is 12.1. The molecular weight excluding hydrogens is 330 g/mol. The van der Waals surface area contributed by atoms with E-state index >= 15 is 0 Å². The average Bonchev–Trinajstić information content (AvgIpc) is 3.29. The molecule has 1 aliphatic heterocycles. The van der Waals surface area contributed by atoms with Gasteiger partial charge in [-0.2, -0.15) is 5.10 Å². The molecule has 0 bridgehead atoms. The quantitative estimate of drug-likeness (QED) is 0.667. The van der Waals surface area contributed by atoms with E-state index in [1.54, 1.807) is 23.0 Å². The number of hydrogen-bond acceptors (Lipinski definition) is 5. The number of urea groups is 1. The van der Waals surface area contributed by atoms with E-state index in [-0.39, 0.29) is 6.03 Å². The van der Waals surface area contributed by atoms with Crippen LogP contribution in [0.4, 0.5) is 10.6 Å². The normalized spacial score (nSPS) is 12.7. The summed E-state index contributed by atoms with van der Waals surface area (Å²) in [7, 11) is 1.84. The zero-order valence-electron chi connectivity index (χ0n) is 14.4. The molecule has 0 spiro atoms. The van der Waals surface area contributed by atoms with Gasteiger partial charge in [0, 0.05) is 38.4 Å². The second-order valence-electron chi connectivity index (χ2n) is 6.22. The van der Waals surface area contributed by atoms with Crippen molar-refractivity contribution in [1.82, 2.24) is 30.6 Å². The van der Waals surface area contributed by atoms with Gasteiger partial charge in [-0.15, -0.1) is 10.2 Å². The smallest absolute Gasteiger partial charge is 0.320 e. The fraction of sp³-hybridized carbons (Fsp3) is 0.222. The Labute approximate surface area is 150 Å². The van der Waals surface area contributed by atoms with Crippen molar-refractivity contribution in [2.75, 3.05) is 5.32 Å². The second kappa shape index (κ2) is 6.93. The predicted octanol–water partition coefficient (Wildman–Crippen LogP) is 1.80. The number of anilines is 1. The Morgan fingerprint density at radius 3 is 2.85 bits per heavy atom. The first-order valence-electron chi connectivity index (χ1n) is 8.36. The molecule has 2 aromatic heterocycles. The third-order valence-corrected chi connectivity index (χ3v) is 4.26. The van der Waals surface area contributed by atoms with E-state index in [2.05, 4.69) is 43.4 Å². The topological polar surface area (TPSA) is 96.8 Å². The number of fused-ring (bicyclic) bond motifs is 1. The highest BCUT2D eigenvalue weighted by atomic mass is 16.2. The SMILES string of the molecule is Cn1cc(-c2ccc(NC(=O)NCc3ccc4c(c3)CNC4)nn2)cn1. The van der Waals surface area contributed by atoms with E-state index < -0.39 is 0 Å². The summed E-state index contributed by atoms with van der Waals surface area (Å²) in [6.45, 7) is 2.26. The molecule has 0 saturated heterocycles. The van der Waals surface area contributed by atoms with Gasteiger partial charge >= 0.3 is 6.03 Å². The maximum atomic E-state index is 12.1. The van der Waals surface area contributed by atoms with Gasteiger partial charge in [0.1, 0.15) is 0 Å². The summed E-state index contributed by atoms with van der Waals surface area (Å²) < 4.78 is 1.70. The zero-order chi connectivity index (χ0) is 17.9. The molecule has 1 aromatic carbocycles. The molecule has 0 radical (unpaired) electrons. The second-order valence-corrected chi connectivity index (χ2v) is 6.22.